The van der Waals surface area contributed by atoms with Gasteiger partial charge in [0, 0.05) is 31.0 Å². The average Bonchev–Trinajstić information content (AvgIpc) is 2.44. The topological polar surface area (TPSA) is 28.2 Å². The van der Waals surface area contributed by atoms with Gasteiger partial charge in [-0.25, -0.2) is 4.98 Å². The van der Waals surface area contributed by atoms with Crippen molar-refractivity contribution in [1.82, 2.24) is 10.3 Å². The molecule has 0 fully saturated rings. The molecule has 3 nitrogen and oxygen atoms in total. The Hall–Kier alpha value is -1.87. The Morgan fingerprint density at radius 2 is 1.90 bits per heavy atom. The maximum Gasteiger partial charge on any atom is 0.132 e. The summed E-state index contributed by atoms with van der Waals surface area (Å²) in [5.41, 5.74) is 3.77. The van der Waals surface area contributed by atoms with Crippen LogP contribution in [0, 0.1) is 6.92 Å². The summed E-state index contributed by atoms with van der Waals surface area (Å²) < 4.78 is 0. The summed E-state index contributed by atoms with van der Waals surface area (Å²) in [5.74, 6) is 0.966. The smallest absolute Gasteiger partial charge is 0.132 e. The molecular formula is C18H25N3. The molecule has 0 amide bonds. The molecule has 0 aliphatic heterocycles. The quantitative estimate of drug-likeness (QED) is 0.917. The molecule has 1 N–H and O–H groups in total. The van der Waals surface area contributed by atoms with E-state index in [2.05, 4.69) is 86.3 Å². The highest BCUT2D eigenvalue weighted by molar-refractivity contribution is 5.60. The van der Waals surface area contributed by atoms with E-state index in [1.165, 1.54) is 11.1 Å². The predicted molar refractivity (Wildman–Crippen MR) is 90.1 cm³/mol. The minimum absolute atomic E-state index is 0.117. The second-order valence-corrected chi connectivity index (χ2v) is 6.52. The Kier molecular flexibility index (Phi) is 4.63. The Morgan fingerprint density at radius 1 is 1.14 bits per heavy atom. The molecule has 0 bridgehead atoms. The molecule has 0 aliphatic carbocycles. The van der Waals surface area contributed by atoms with Gasteiger partial charge < -0.3 is 10.2 Å². The van der Waals surface area contributed by atoms with Crippen LogP contribution in [0.25, 0.3) is 0 Å². The summed E-state index contributed by atoms with van der Waals surface area (Å²) in [6.07, 6.45) is 1.88. The number of aromatic nitrogens is 1. The van der Waals surface area contributed by atoms with Crippen LogP contribution in [0.3, 0.4) is 0 Å². The third-order valence-corrected chi connectivity index (χ3v) is 3.37. The van der Waals surface area contributed by atoms with Crippen LogP contribution in [0.5, 0.6) is 0 Å². The van der Waals surface area contributed by atoms with Gasteiger partial charge in [-0.3, -0.25) is 0 Å². The van der Waals surface area contributed by atoms with Crippen molar-refractivity contribution < 1.29 is 0 Å². The maximum absolute atomic E-state index is 4.49. The molecule has 1 aromatic heterocycles. The van der Waals surface area contributed by atoms with Crippen molar-refractivity contribution in [2.75, 3.05) is 11.9 Å². The van der Waals surface area contributed by atoms with Gasteiger partial charge in [0.1, 0.15) is 5.82 Å². The molecule has 2 aromatic rings. The first kappa shape index (κ1) is 15.5. The monoisotopic (exact) mass is 283 g/mol. The molecule has 0 unspecified atom stereocenters. The molecule has 112 valence electrons. The first-order valence-corrected chi connectivity index (χ1v) is 7.35. The van der Waals surface area contributed by atoms with Crippen molar-refractivity contribution in [3.8, 4) is 0 Å². The molecule has 1 aromatic carbocycles. The van der Waals surface area contributed by atoms with Gasteiger partial charge >= 0.3 is 0 Å². The normalized spacial score (nSPS) is 11.5. The van der Waals surface area contributed by atoms with Gasteiger partial charge in [0.15, 0.2) is 0 Å². The lowest BCUT2D eigenvalue weighted by Gasteiger charge is -2.22. The van der Waals surface area contributed by atoms with Gasteiger partial charge in [0.05, 0.1) is 0 Å². The van der Waals surface area contributed by atoms with Crippen molar-refractivity contribution in [3.63, 3.8) is 0 Å². The Bertz CT molecular complexity index is 599. The van der Waals surface area contributed by atoms with Crippen LogP contribution in [0.15, 0.2) is 42.6 Å². The fourth-order valence-electron chi connectivity index (χ4n) is 2.09. The lowest BCUT2D eigenvalue weighted by Crippen LogP contribution is -2.35. The number of benzene rings is 1. The van der Waals surface area contributed by atoms with Gasteiger partial charge in [-0.15, -0.1) is 0 Å². The number of nitrogens with one attached hydrogen (secondary N) is 1. The molecule has 0 saturated carbocycles. The van der Waals surface area contributed by atoms with Crippen LogP contribution in [-0.4, -0.2) is 17.6 Å². The second kappa shape index (κ2) is 6.27. The summed E-state index contributed by atoms with van der Waals surface area (Å²) >= 11 is 0. The number of pyridine rings is 1. The summed E-state index contributed by atoms with van der Waals surface area (Å²) in [6.45, 7) is 9.48. The molecule has 0 atom stereocenters. The molecular weight excluding hydrogens is 258 g/mol. The lowest BCUT2D eigenvalue weighted by molar-refractivity contribution is 0.424. The van der Waals surface area contributed by atoms with Crippen LogP contribution >= 0.6 is 0 Å². The van der Waals surface area contributed by atoms with Crippen molar-refractivity contribution >= 4 is 11.5 Å². The predicted octanol–water partition coefficient (Wildman–Crippen LogP) is 4.05. The first-order chi connectivity index (χ1) is 9.85. The third kappa shape index (κ3) is 4.57. The van der Waals surface area contributed by atoms with Gasteiger partial charge in [-0.1, -0.05) is 12.1 Å². The largest absolute Gasteiger partial charge is 0.329 e. The van der Waals surface area contributed by atoms with Crippen LogP contribution in [0.2, 0.25) is 0 Å². The molecule has 0 radical (unpaired) electrons. The van der Waals surface area contributed by atoms with Gasteiger partial charge in [0.25, 0.3) is 0 Å². The molecule has 21 heavy (non-hydrogen) atoms. The highest BCUT2D eigenvalue weighted by Crippen LogP contribution is 2.23. The van der Waals surface area contributed by atoms with E-state index in [9.17, 15) is 0 Å². The Morgan fingerprint density at radius 3 is 2.57 bits per heavy atom. The number of hydrogen-bond donors (Lipinski definition) is 1. The zero-order chi connectivity index (χ0) is 15.5. The van der Waals surface area contributed by atoms with E-state index < -0.39 is 0 Å². The molecule has 0 spiro atoms. The zero-order valence-electron chi connectivity index (χ0n) is 13.6. The van der Waals surface area contributed by atoms with Crippen LogP contribution < -0.4 is 10.2 Å². The van der Waals surface area contributed by atoms with E-state index in [0.717, 1.165) is 18.1 Å². The van der Waals surface area contributed by atoms with Gasteiger partial charge in [0.2, 0.25) is 0 Å². The maximum atomic E-state index is 4.49. The number of aryl methyl sites for hydroxylation is 1. The average molecular weight is 283 g/mol. The summed E-state index contributed by atoms with van der Waals surface area (Å²) in [7, 11) is 2.05. The van der Waals surface area contributed by atoms with Gasteiger partial charge in [-0.2, -0.15) is 0 Å². The van der Waals surface area contributed by atoms with Crippen molar-refractivity contribution in [1.29, 1.82) is 0 Å². The van der Waals surface area contributed by atoms with E-state index in [0.29, 0.717) is 0 Å². The zero-order valence-corrected chi connectivity index (χ0v) is 13.6. The van der Waals surface area contributed by atoms with Crippen LogP contribution in [0.1, 0.15) is 31.9 Å². The second-order valence-electron chi connectivity index (χ2n) is 6.52. The molecule has 0 saturated heterocycles. The highest BCUT2D eigenvalue weighted by Gasteiger charge is 2.10. The van der Waals surface area contributed by atoms with Crippen LogP contribution in [-0.2, 0) is 6.54 Å². The van der Waals surface area contributed by atoms with Crippen LogP contribution in [0.4, 0.5) is 11.5 Å². The summed E-state index contributed by atoms with van der Waals surface area (Å²) in [5, 5.41) is 3.51. The molecule has 2 rings (SSSR count). The first-order valence-electron chi connectivity index (χ1n) is 7.35. The highest BCUT2D eigenvalue weighted by atomic mass is 15.2. The Labute approximate surface area is 128 Å². The van der Waals surface area contributed by atoms with E-state index in [1.807, 2.05) is 6.20 Å². The van der Waals surface area contributed by atoms with Crippen molar-refractivity contribution in [2.45, 2.75) is 39.8 Å². The Balaban J connectivity index is 2.17. The van der Waals surface area contributed by atoms with Crippen molar-refractivity contribution in [2.24, 2.45) is 0 Å². The van der Waals surface area contributed by atoms with E-state index in [4.69, 9.17) is 0 Å². The van der Waals surface area contributed by atoms with E-state index >= 15 is 0 Å². The number of hydrogen-bond acceptors (Lipinski definition) is 3. The molecule has 3 heteroatoms. The number of nitrogens with zero attached hydrogens (tertiary/aromatic N) is 2. The fourth-order valence-corrected chi connectivity index (χ4v) is 2.09. The van der Waals surface area contributed by atoms with E-state index in [-0.39, 0.29) is 5.54 Å². The number of anilines is 2. The van der Waals surface area contributed by atoms with E-state index in [1.54, 1.807) is 0 Å². The minimum Gasteiger partial charge on any atom is -0.329 e. The minimum atomic E-state index is 0.117. The summed E-state index contributed by atoms with van der Waals surface area (Å²) in [4.78, 5) is 6.61. The lowest BCUT2D eigenvalue weighted by atomic mass is 10.1. The third-order valence-electron chi connectivity index (χ3n) is 3.37. The SMILES string of the molecule is Cc1cccc(N(C)c2cc(CNC(C)(C)C)ccn2)c1. The van der Waals surface area contributed by atoms with Crippen molar-refractivity contribution in [3.05, 3.63) is 53.7 Å². The summed E-state index contributed by atoms with van der Waals surface area (Å²) in [6, 6.07) is 12.7. The molecule has 0 aliphatic rings. The standard InChI is InChI=1S/C18H25N3/c1-14-7-6-8-16(11-14)21(5)17-12-15(9-10-19-17)13-20-18(2,3)4/h6-12,20H,13H2,1-5H3. The number of rotatable bonds is 4. The van der Waals surface area contributed by atoms with Gasteiger partial charge in [-0.05, 0) is 63.1 Å². The molecule has 1 heterocycles. The fraction of sp³-hybridized carbons (Fsp3) is 0.389.